The maximum absolute atomic E-state index is 15.6. The zero-order chi connectivity index (χ0) is 23.7. The van der Waals surface area contributed by atoms with Crippen LogP contribution < -0.4 is 4.90 Å². The van der Waals surface area contributed by atoms with Gasteiger partial charge in [-0.05, 0) is 60.4 Å². The zero-order valence-corrected chi connectivity index (χ0v) is 19.5. The Balaban J connectivity index is 1.30. The van der Waals surface area contributed by atoms with Crippen LogP contribution in [0.2, 0.25) is 0 Å². The molecule has 1 aromatic carbocycles. The number of likely N-dealkylation sites (tertiary alicyclic amines) is 1. The Labute approximate surface area is 200 Å². The number of anilines is 1. The van der Waals surface area contributed by atoms with E-state index in [0.29, 0.717) is 37.2 Å². The second-order valence-corrected chi connectivity index (χ2v) is 9.22. The lowest BCUT2D eigenvalue weighted by Gasteiger charge is -2.38. The van der Waals surface area contributed by atoms with E-state index in [2.05, 4.69) is 63.6 Å². The van der Waals surface area contributed by atoms with Crippen LogP contribution in [0.1, 0.15) is 41.6 Å². The van der Waals surface area contributed by atoms with E-state index in [-0.39, 0.29) is 0 Å². The summed E-state index contributed by atoms with van der Waals surface area (Å²) < 4.78 is 15.6. The highest BCUT2D eigenvalue weighted by Crippen LogP contribution is 2.38. The molecule has 0 atom stereocenters. The molecule has 2 aromatic heterocycles. The molecule has 2 aliphatic heterocycles. The number of piperidine rings is 1. The first-order chi connectivity index (χ1) is 16.5. The van der Waals surface area contributed by atoms with Gasteiger partial charge in [0.15, 0.2) is 5.67 Å². The molecule has 0 spiro atoms. The Morgan fingerprint density at radius 3 is 2.41 bits per heavy atom. The molecule has 0 bridgehead atoms. The standard InChI is InChI=1S/C28H28FN5/c1-20-4-6-23(16-25(20)24-7-9-27(32-19-24)34-12-3-13-34)21(2)33-14-10-28(29,11-15-33)26-8-5-22(17-30)18-31-26/h4-9,16,18-19H,2-3,10-15H2,1H3. The van der Waals surface area contributed by atoms with Gasteiger partial charge in [0, 0.05) is 62.7 Å². The molecular formula is C28H28FN5. The molecule has 3 aromatic rings. The number of hydrogen-bond donors (Lipinski definition) is 0. The average Bonchev–Trinajstić information content (AvgIpc) is 2.84. The first-order valence-corrected chi connectivity index (χ1v) is 11.8. The Hall–Kier alpha value is -3.72. The van der Waals surface area contributed by atoms with Crippen molar-refractivity contribution in [3.05, 3.63) is 83.8 Å². The van der Waals surface area contributed by atoms with E-state index in [1.54, 1.807) is 12.1 Å². The van der Waals surface area contributed by atoms with Crippen LogP contribution in [0.25, 0.3) is 16.8 Å². The van der Waals surface area contributed by atoms with Gasteiger partial charge in [-0.2, -0.15) is 5.26 Å². The van der Waals surface area contributed by atoms with Crippen LogP contribution in [0.5, 0.6) is 0 Å². The fraction of sp³-hybridized carbons (Fsp3) is 0.321. The molecule has 2 aliphatic rings. The van der Waals surface area contributed by atoms with E-state index in [0.717, 1.165) is 41.3 Å². The summed E-state index contributed by atoms with van der Waals surface area (Å²) in [6, 6.07) is 15.9. The molecule has 172 valence electrons. The second kappa shape index (κ2) is 8.90. The summed E-state index contributed by atoms with van der Waals surface area (Å²) in [5.74, 6) is 1.04. The molecule has 0 unspecified atom stereocenters. The highest BCUT2D eigenvalue weighted by atomic mass is 19.1. The largest absolute Gasteiger partial charge is 0.371 e. The van der Waals surface area contributed by atoms with Crippen molar-refractivity contribution in [2.24, 2.45) is 0 Å². The van der Waals surface area contributed by atoms with E-state index in [1.807, 2.05) is 12.3 Å². The first-order valence-electron chi connectivity index (χ1n) is 11.8. The molecule has 0 saturated carbocycles. The molecule has 5 rings (SSSR count). The van der Waals surface area contributed by atoms with Crippen LogP contribution in [0.4, 0.5) is 10.2 Å². The highest BCUT2D eigenvalue weighted by Gasteiger charge is 2.38. The molecular weight excluding hydrogens is 425 g/mol. The number of halogens is 1. The normalized spacial score (nSPS) is 17.1. The number of rotatable bonds is 5. The first kappa shape index (κ1) is 22.1. The van der Waals surface area contributed by atoms with Gasteiger partial charge in [0.2, 0.25) is 0 Å². The number of aryl methyl sites for hydroxylation is 1. The summed E-state index contributed by atoms with van der Waals surface area (Å²) in [6.07, 6.45) is 5.31. The molecule has 0 radical (unpaired) electrons. The van der Waals surface area contributed by atoms with Gasteiger partial charge < -0.3 is 9.80 Å². The number of nitriles is 1. The Morgan fingerprint density at radius 1 is 1.03 bits per heavy atom. The van der Waals surface area contributed by atoms with E-state index >= 15 is 4.39 Å². The molecule has 2 fully saturated rings. The summed E-state index contributed by atoms with van der Waals surface area (Å²) >= 11 is 0. The summed E-state index contributed by atoms with van der Waals surface area (Å²) in [5, 5.41) is 8.96. The van der Waals surface area contributed by atoms with Gasteiger partial charge >= 0.3 is 0 Å². The van der Waals surface area contributed by atoms with Gasteiger partial charge in [-0.3, -0.25) is 4.98 Å². The van der Waals surface area contributed by atoms with E-state index in [9.17, 15) is 0 Å². The third kappa shape index (κ3) is 4.14. The second-order valence-electron chi connectivity index (χ2n) is 9.22. The molecule has 2 saturated heterocycles. The summed E-state index contributed by atoms with van der Waals surface area (Å²) in [7, 11) is 0. The third-order valence-electron chi connectivity index (χ3n) is 7.10. The number of pyridine rings is 2. The van der Waals surface area contributed by atoms with Gasteiger partial charge in [0.05, 0.1) is 11.3 Å². The molecule has 0 amide bonds. The number of nitrogens with zero attached hydrogens (tertiary/aromatic N) is 5. The van der Waals surface area contributed by atoms with Crippen LogP contribution in [-0.2, 0) is 5.67 Å². The van der Waals surface area contributed by atoms with Crippen molar-refractivity contribution in [1.29, 1.82) is 5.26 Å². The van der Waals surface area contributed by atoms with Crippen molar-refractivity contribution in [2.45, 2.75) is 31.9 Å². The van der Waals surface area contributed by atoms with E-state index < -0.39 is 5.67 Å². The summed E-state index contributed by atoms with van der Waals surface area (Å²) in [4.78, 5) is 13.3. The van der Waals surface area contributed by atoms with Gasteiger partial charge in [0.1, 0.15) is 11.9 Å². The van der Waals surface area contributed by atoms with Crippen LogP contribution in [0.15, 0.2) is 61.4 Å². The molecule has 0 N–H and O–H groups in total. The van der Waals surface area contributed by atoms with Crippen molar-refractivity contribution in [3.63, 3.8) is 0 Å². The third-order valence-corrected chi connectivity index (χ3v) is 7.10. The van der Waals surface area contributed by atoms with Crippen LogP contribution in [0, 0.1) is 18.3 Å². The topological polar surface area (TPSA) is 56.1 Å². The number of alkyl halides is 1. The van der Waals surface area contributed by atoms with Crippen molar-refractivity contribution in [2.75, 3.05) is 31.1 Å². The minimum absolute atomic E-state index is 0.339. The number of benzene rings is 1. The van der Waals surface area contributed by atoms with E-state index in [1.165, 1.54) is 18.2 Å². The predicted octanol–water partition coefficient (Wildman–Crippen LogP) is 5.47. The van der Waals surface area contributed by atoms with Crippen LogP contribution >= 0.6 is 0 Å². The predicted molar refractivity (Wildman–Crippen MR) is 133 cm³/mol. The smallest absolute Gasteiger partial charge is 0.156 e. The van der Waals surface area contributed by atoms with Gasteiger partial charge in [0.25, 0.3) is 0 Å². The summed E-state index contributed by atoms with van der Waals surface area (Å²) in [6.45, 7) is 9.73. The SMILES string of the molecule is C=C(c1ccc(C)c(-c2ccc(N3CCC3)nc2)c1)N1CCC(F)(c2ccc(C#N)cn2)CC1. The molecule has 6 heteroatoms. The fourth-order valence-electron chi connectivity index (χ4n) is 4.69. The minimum Gasteiger partial charge on any atom is -0.371 e. The van der Waals surface area contributed by atoms with Crippen molar-refractivity contribution in [1.82, 2.24) is 14.9 Å². The van der Waals surface area contributed by atoms with Gasteiger partial charge in [-0.25, -0.2) is 9.37 Å². The Kier molecular flexibility index (Phi) is 5.79. The van der Waals surface area contributed by atoms with Crippen LogP contribution in [-0.4, -0.2) is 41.0 Å². The lowest BCUT2D eigenvalue weighted by molar-refractivity contribution is 0.0750. The van der Waals surface area contributed by atoms with E-state index in [4.69, 9.17) is 5.26 Å². The Morgan fingerprint density at radius 2 is 1.82 bits per heavy atom. The van der Waals surface area contributed by atoms with Crippen molar-refractivity contribution >= 4 is 11.5 Å². The quantitative estimate of drug-likeness (QED) is 0.513. The highest BCUT2D eigenvalue weighted by molar-refractivity contribution is 5.74. The average molecular weight is 454 g/mol. The molecule has 0 aliphatic carbocycles. The lowest BCUT2D eigenvalue weighted by Crippen LogP contribution is -2.39. The zero-order valence-electron chi connectivity index (χ0n) is 19.5. The maximum Gasteiger partial charge on any atom is 0.156 e. The number of hydrogen-bond acceptors (Lipinski definition) is 5. The lowest BCUT2D eigenvalue weighted by atomic mass is 9.88. The fourth-order valence-corrected chi connectivity index (χ4v) is 4.69. The molecule has 5 nitrogen and oxygen atoms in total. The van der Waals surface area contributed by atoms with Gasteiger partial charge in [-0.15, -0.1) is 0 Å². The van der Waals surface area contributed by atoms with Gasteiger partial charge in [-0.1, -0.05) is 18.7 Å². The van der Waals surface area contributed by atoms with Crippen LogP contribution in [0.3, 0.4) is 0 Å². The van der Waals surface area contributed by atoms with Crippen molar-refractivity contribution < 1.29 is 4.39 Å². The minimum atomic E-state index is -1.48. The molecule has 4 heterocycles. The molecule has 34 heavy (non-hydrogen) atoms. The van der Waals surface area contributed by atoms with Crippen molar-refractivity contribution in [3.8, 4) is 17.2 Å². The maximum atomic E-state index is 15.6. The monoisotopic (exact) mass is 453 g/mol. The number of aromatic nitrogens is 2. The summed E-state index contributed by atoms with van der Waals surface area (Å²) in [5.41, 5.74) is 4.72. The Bertz CT molecular complexity index is 1230.